The molecule has 0 amide bonds. The minimum Gasteiger partial charge on any atom is -0.380 e. The molecule has 1 N–H and O–H groups in total. The van der Waals surface area contributed by atoms with Gasteiger partial charge in [0.1, 0.15) is 0 Å². The van der Waals surface area contributed by atoms with Gasteiger partial charge in [0.2, 0.25) is 0 Å². The number of methoxy groups -OCH3 is 1. The summed E-state index contributed by atoms with van der Waals surface area (Å²) in [6.45, 7) is 13.6. The molecule has 0 aromatic heterocycles. The highest BCUT2D eigenvalue weighted by Gasteiger charge is 2.63. The number of hydrogen-bond donors (Lipinski definition) is 1. The van der Waals surface area contributed by atoms with E-state index in [9.17, 15) is 0 Å². The maximum Gasteiger partial charge on any atom is 0.0667 e. The highest BCUT2D eigenvalue weighted by molar-refractivity contribution is 5.12. The van der Waals surface area contributed by atoms with Crippen molar-refractivity contribution in [1.29, 1.82) is 0 Å². The van der Waals surface area contributed by atoms with Gasteiger partial charge in [-0.05, 0) is 30.2 Å². The van der Waals surface area contributed by atoms with E-state index in [0.717, 1.165) is 19.0 Å². The second kappa shape index (κ2) is 3.82. The lowest BCUT2D eigenvalue weighted by Crippen LogP contribution is -2.28. The third kappa shape index (κ3) is 1.96. The van der Waals surface area contributed by atoms with Crippen molar-refractivity contribution in [2.45, 2.75) is 40.7 Å². The summed E-state index contributed by atoms with van der Waals surface area (Å²) >= 11 is 0. The molecule has 1 aliphatic carbocycles. The summed E-state index contributed by atoms with van der Waals surface area (Å²) in [7, 11) is 1.76. The Hall–Kier alpha value is -0.0800. The Labute approximate surface area is 88.4 Å². The van der Waals surface area contributed by atoms with Gasteiger partial charge in [0.05, 0.1) is 6.10 Å². The zero-order valence-corrected chi connectivity index (χ0v) is 10.5. The first-order valence-electron chi connectivity index (χ1n) is 5.57. The molecule has 14 heavy (non-hydrogen) atoms. The van der Waals surface area contributed by atoms with Crippen LogP contribution < -0.4 is 5.32 Å². The van der Waals surface area contributed by atoms with Crippen LogP contribution in [0.2, 0.25) is 0 Å². The lowest BCUT2D eigenvalue weighted by Gasteiger charge is -2.11. The van der Waals surface area contributed by atoms with Crippen LogP contribution in [0.25, 0.3) is 0 Å². The van der Waals surface area contributed by atoms with E-state index in [0.29, 0.717) is 16.9 Å². The summed E-state index contributed by atoms with van der Waals surface area (Å²) in [4.78, 5) is 0. The van der Waals surface area contributed by atoms with Crippen molar-refractivity contribution in [3.63, 3.8) is 0 Å². The van der Waals surface area contributed by atoms with Gasteiger partial charge in [-0.3, -0.25) is 0 Å². The van der Waals surface area contributed by atoms with Crippen molar-refractivity contribution in [2.24, 2.45) is 16.7 Å². The van der Waals surface area contributed by atoms with Gasteiger partial charge < -0.3 is 10.1 Å². The predicted molar refractivity (Wildman–Crippen MR) is 60.4 cm³/mol. The highest BCUT2D eigenvalue weighted by atomic mass is 16.5. The second-order valence-corrected chi connectivity index (χ2v) is 5.70. The van der Waals surface area contributed by atoms with E-state index in [-0.39, 0.29) is 0 Å². The highest BCUT2D eigenvalue weighted by Crippen LogP contribution is 2.67. The van der Waals surface area contributed by atoms with Crippen LogP contribution in [0.15, 0.2) is 0 Å². The van der Waals surface area contributed by atoms with Crippen LogP contribution in [-0.2, 0) is 4.74 Å². The number of rotatable bonds is 5. The van der Waals surface area contributed by atoms with Gasteiger partial charge in [0, 0.05) is 13.7 Å². The standard InChI is InChI=1S/C12H25NO/c1-9(14-6)7-13-8-10-11(2,3)12(10,4)5/h9-10,13H,7-8H2,1-6H3. The largest absolute Gasteiger partial charge is 0.380 e. The lowest BCUT2D eigenvalue weighted by atomic mass is 10.0. The average Bonchev–Trinajstić information content (AvgIpc) is 2.47. The minimum atomic E-state index is 0.319. The summed E-state index contributed by atoms with van der Waals surface area (Å²) in [5.41, 5.74) is 0.993. The predicted octanol–water partition coefficient (Wildman–Crippen LogP) is 2.29. The summed E-state index contributed by atoms with van der Waals surface area (Å²) in [5.74, 6) is 0.805. The molecule has 0 aromatic rings. The van der Waals surface area contributed by atoms with E-state index in [1.54, 1.807) is 7.11 Å². The van der Waals surface area contributed by atoms with E-state index < -0.39 is 0 Å². The molecule has 1 fully saturated rings. The molecule has 2 nitrogen and oxygen atoms in total. The van der Waals surface area contributed by atoms with E-state index in [1.807, 2.05) is 0 Å². The number of nitrogens with one attached hydrogen (secondary N) is 1. The molecule has 1 atom stereocenters. The van der Waals surface area contributed by atoms with Crippen LogP contribution in [0, 0.1) is 16.7 Å². The first-order chi connectivity index (χ1) is 6.34. The van der Waals surface area contributed by atoms with Crippen LogP contribution in [0.1, 0.15) is 34.6 Å². The molecule has 0 heterocycles. The van der Waals surface area contributed by atoms with Gasteiger partial charge in [0.15, 0.2) is 0 Å². The molecule has 0 radical (unpaired) electrons. The maximum absolute atomic E-state index is 5.19. The molecule has 1 saturated carbocycles. The van der Waals surface area contributed by atoms with Crippen molar-refractivity contribution in [2.75, 3.05) is 20.2 Å². The van der Waals surface area contributed by atoms with Gasteiger partial charge >= 0.3 is 0 Å². The fourth-order valence-corrected chi connectivity index (χ4v) is 2.36. The van der Waals surface area contributed by atoms with Crippen LogP contribution in [-0.4, -0.2) is 26.3 Å². The van der Waals surface area contributed by atoms with Gasteiger partial charge in [-0.15, -0.1) is 0 Å². The molecule has 1 rings (SSSR count). The van der Waals surface area contributed by atoms with Gasteiger partial charge in [0.25, 0.3) is 0 Å². The Bertz CT molecular complexity index is 184. The quantitative estimate of drug-likeness (QED) is 0.733. The molecular weight excluding hydrogens is 174 g/mol. The molecule has 2 heteroatoms. The zero-order chi connectivity index (χ0) is 11.0. The summed E-state index contributed by atoms with van der Waals surface area (Å²) in [6.07, 6.45) is 0.319. The normalized spacial score (nSPS) is 26.1. The third-order valence-electron chi connectivity index (χ3n) is 4.50. The van der Waals surface area contributed by atoms with Crippen molar-refractivity contribution in [1.82, 2.24) is 5.32 Å². The van der Waals surface area contributed by atoms with Crippen LogP contribution in [0.5, 0.6) is 0 Å². The van der Waals surface area contributed by atoms with Crippen LogP contribution in [0.4, 0.5) is 0 Å². The summed E-state index contributed by atoms with van der Waals surface area (Å²) in [6, 6.07) is 0. The Morgan fingerprint density at radius 3 is 2.07 bits per heavy atom. The number of hydrogen-bond acceptors (Lipinski definition) is 2. The van der Waals surface area contributed by atoms with Gasteiger partial charge in [-0.25, -0.2) is 0 Å². The first-order valence-corrected chi connectivity index (χ1v) is 5.57. The van der Waals surface area contributed by atoms with Gasteiger partial charge in [-0.1, -0.05) is 27.7 Å². The Kier molecular flexibility index (Phi) is 3.27. The Morgan fingerprint density at radius 2 is 1.71 bits per heavy atom. The van der Waals surface area contributed by atoms with Crippen LogP contribution >= 0.6 is 0 Å². The Balaban J connectivity index is 2.22. The van der Waals surface area contributed by atoms with Crippen LogP contribution in [0.3, 0.4) is 0 Å². The molecular formula is C12H25NO. The second-order valence-electron chi connectivity index (χ2n) is 5.70. The average molecular weight is 199 g/mol. The maximum atomic E-state index is 5.19. The smallest absolute Gasteiger partial charge is 0.0667 e. The topological polar surface area (TPSA) is 21.3 Å². The van der Waals surface area contributed by atoms with Crippen molar-refractivity contribution < 1.29 is 4.74 Å². The summed E-state index contributed by atoms with van der Waals surface area (Å²) < 4.78 is 5.19. The first kappa shape index (κ1) is 12.0. The SMILES string of the molecule is COC(C)CNCC1C(C)(C)C1(C)C. The summed E-state index contributed by atoms with van der Waals surface area (Å²) in [5, 5.41) is 3.48. The molecule has 0 aliphatic heterocycles. The zero-order valence-electron chi connectivity index (χ0n) is 10.5. The Morgan fingerprint density at radius 1 is 1.21 bits per heavy atom. The number of ether oxygens (including phenoxy) is 1. The van der Waals surface area contributed by atoms with Gasteiger partial charge in [-0.2, -0.15) is 0 Å². The van der Waals surface area contributed by atoms with E-state index in [1.165, 1.54) is 0 Å². The molecule has 0 saturated heterocycles. The van der Waals surface area contributed by atoms with Crippen molar-refractivity contribution >= 4 is 0 Å². The molecule has 1 aliphatic rings. The van der Waals surface area contributed by atoms with Crippen molar-refractivity contribution in [3.05, 3.63) is 0 Å². The van der Waals surface area contributed by atoms with E-state index in [2.05, 4.69) is 39.9 Å². The fourth-order valence-electron chi connectivity index (χ4n) is 2.36. The lowest BCUT2D eigenvalue weighted by molar-refractivity contribution is 0.116. The molecule has 0 spiro atoms. The molecule has 0 bridgehead atoms. The molecule has 1 unspecified atom stereocenters. The monoisotopic (exact) mass is 199 g/mol. The molecule has 0 aromatic carbocycles. The minimum absolute atomic E-state index is 0.319. The van der Waals surface area contributed by atoms with Crippen molar-refractivity contribution in [3.8, 4) is 0 Å². The fraction of sp³-hybridized carbons (Fsp3) is 1.00. The molecule has 84 valence electrons. The van der Waals surface area contributed by atoms with E-state index >= 15 is 0 Å². The third-order valence-corrected chi connectivity index (χ3v) is 4.50. The van der Waals surface area contributed by atoms with E-state index in [4.69, 9.17) is 4.74 Å².